The van der Waals surface area contributed by atoms with E-state index in [9.17, 15) is 14.4 Å². The topological polar surface area (TPSA) is 126 Å². The summed E-state index contributed by atoms with van der Waals surface area (Å²) < 4.78 is 2.41. The number of nitrogens with one attached hydrogen (secondary N) is 2. The van der Waals surface area contributed by atoms with Crippen molar-refractivity contribution in [1.82, 2.24) is 20.1 Å². The van der Waals surface area contributed by atoms with Gasteiger partial charge in [0.1, 0.15) is 0 Å². The SMILES string of the molecule is C[C@H](NC(=O)c1ccccc1Br)c1nnc(SCC(=O)Nc2cccc(C(=O)O)c2)n1C. The first-order chi connectivity index (χ1) is 15.3. The van der Waals surface area contributed by atoms with Gasteiger partial charge in [-0.25, -0.2) is 4.79 Å². The fourth-order valence-corrected chi connectivity index (χ4v) is 4.05. The Balaban J connectivity index is 1.59. The van der Waals surface area contributed by atoms with E-state index < -0.39 is 12.0 Å². The van der Waals surface area contributed by atoms with Crippen molar-refractivity contribution in [3.8, 4) is 0 Å². The molecule has 0 saturated heterocycles. The van der Waals surface area contributed by atoms with E-state index >= 15 is 0 Å². The van der Waals surface area contributed by atoms with Crippen LogP contribution in [0.15, 0.2) is 58.2 Å². The van der Waals surface area contributed by atoms with Crippen LogP contribution in [0.4, 0.5) is 5.69 Å². The van der Waals surface area contributed by atoms with Crippen LogP contribution in [0.25, 0.3) is 0 Å². The molecule has 32 heavy (non-hydrogen) atoms. The van der Waals surface area contributed by atoms with Gasteiger partial charge in [-0.05, 0) is 53.2 Å². The van der Waals surface area contributed by atoms with Crippen LogP contribution in [0.2, 0.25) is 0 Å². The number of amides is 2. The molecule has 9 nitrogen and oxygen atoms in total. The molecule has 0 aliphatic rings. The number of nitrogens with zero attached hydrogens (tertiary/aromatic N) is 3. The molecule has 1 atom stereocenters. The maximum Gasteiger partial charge on any atom is 0.335 e. The summed E-state index contributed by atoms with van der Waals surface area (Å²) in [6.07, 6.45) is 0. The molecule has 1 aromatic heterocycles. The van der Waals surface area contributed by atoms with Gasteiger partial charge in [0.15, 0.2) is 11.0 Å². The third-order valence-electron chi connectivity index (χ3n) is 4.45. The van der Waals surface area contributed by atoms with Crippen LogP contribution in [0.5, 0.6) is 0 Å². The second-order valence-electron chi connectivity index (χ2n) is 6.80. The molecule has 0 bridgehead atoms. The molecule has 166 valence electrons. The van der Waals surface area contributed by atoms with Crippen molar-refractivity contribution >= 4 is 51.2 Å². The van der Waals surface area contributed by atoms with Crippen molar-refractivity contribution in [2.24, 2.45) is 7.05 Å². The predicted molar refractivity (Wildman–Crippen MR) is 124 cm³/mol. The second kappa shape index (κ2) is 10.4. The molecular formula is C21H20BrN5O4S. The molecule has 0 fully saturated rings. The fourth-order valence-electron chi connectivity index (χ4n) is 2.87. The number of carbonyl (C=O) groups is 3. The number of carbonyl (C=O) groups excluding carboxylic acids is 2. The molecule has 3 aromatic rings. The lowest BCUT2D eigenvalue weighted by atomic mass is 10.2. The summed E-state index contributed by atoms with van der Waals surface area (Å²) in [6.45, 7) is 1.80. The number of aromatic carboxylic acids is 1. The van der Waals surface area contributed by atoms with Gasteiger partial charge in [-0.1, -0.05) is 30.0 Å². The van der Waals surface area contributed by atoms with Gasteiger partial charge in [-0.3, -0.25) is 9.59 Å². The molecule has 1 heterocycles. The van der Waals surface area contributed by atoms with Gasteiger partial charge in [-0.15, -0.1) is 10.2 Å². The minimum Gasteiger partial charge on any atom is -0.478 e. The lowest BCUT2D eigenvalue weighted by Crippen LogP contribution is -2.28. The van der Waals surface area contributed by atoms with Gasteiger partial charge < -0.3 is 20.3 Å². The number of anilines is 1. The molecule has 3 rings (SSSR count). The Morgan fingerprint density at radius 3 is 2.62 bits per heavy atom. The number of thioether (sulfide) groups is 1. The Morgan fingerprint density at radius 2 is 1.91 bits per heavy atom. The minimum absolute atomic E-state index is 0.0565. The van der Waals surface area contributed by atoms with Crippen LogP contribution < -0.4 is 10.6 Å². The fraction of sp³-hybridized carbons (Fsp3) is 0.190. The third-order valence-corrected chi connectivity index (χ3v) is 6.16. The van der Waals surface area contributed by atoms with E-state index in [2.05, 4.69) is 36.8 Å². The quantitative estimate of drug-likeness (QED) is 0.390. The number of halogens is 1. The average molecular weight is 518 g/mol. The molecule has 0 radical (unpaired) electrons. The highest BCUT2D eigenvalue weighted by molar-refractivity contribution is 9.10. The van der Waals surface area contributed by atoms with E-state index in [1.54, 1.807) is 48.9 Å². The Kier molecular flexibility index (Phi) is 7.65. The van der Waals surface area contributed by atoms with Gasteiger partial charge >= 0.3 is 5.97 Å². The average Bonchev–Trinajstić information content (AvgIpc) is 3.13. The van der Waals surface area contributed by atoms with Crippen LogP contribution in [0.3, 0.4) is 0 Å². The van der Waals surface area contributed by atoms with E-state index in [-0.39, 0.29) is 23.1 Å². The molecule has 0 aliphatic heterocycles. The number of carboxylic acids is 1. The maximum atomic E-state index is 12.5. The molecule has 11 heteroatoms. The van der Waals surface area contributed by atoms with Crippen LogP contribution in [0.1, 0.15) is 39.5 Å². The monoisotopic (exact) mass is 517 g/mol. The maximum absolute atomic E-state index is 12.5. The van der Waals surface area contributed by atoms with Crippen molar-refractivity contribution in [2.45, 2.75) is 18.1 Å². The normalized spacial score (nSPS) is 11.6. The van der Waals surface area contributed by atoms with Crippen LogP contribution in [-0.4, -0.2) is 43.4 Å². The van der Waals surface area contributed by atoms with Crippen molar-refractivity contribution in [2.75, 3.05) is 11.1 Å². The molecule has 2 aromatic carbocycles. The Labute approximate surface area is 196 Å². The zero-order chi connectivity index (χ0) is 23.3. The Morgan fingerprint density at radius 1 is 1.16 bits per heavy atom. The van der Waals surface area contributed by atoms with E-state index in [1.165, 1.54) is 23.9 Å². The summed E-state index contributed by atoms with van der Waals surface area (Å²) >= 11 is 4.55. The molecule has 0 unspecified atom stereocenters. The van der Waals surface area contributed by atoms with Gasteiger partial charge in [0.2, 0.25) is 5.91 Å². The number of hydrogen-bond acceptors (Lipinski definition) is 6. The highest BCUT2D eigenvalue weighted by atomic mass is 79.9. The highest BCUT2D eigenvalue weighted by Crippen LogP contribution is 2.21. The third kappa shape index (κ3) is 5.74. The lowest BCUT2D eigenvalue weighted by molar-refractivity contribution is -0.113. The van der Waals surface area contributed by atoms with Gasteiger partial charge in [0, 0.05) is 17.2 Å². The first-order valence-corrected chi connectivity index (χ1v) is 11.2. The number of aromatic nitrogens is 3. The van der Waals surface area contributed by atoms with Crippen molar-refractivity contribution in [1.29, 1.82) is 0 Å². The summed E-state index contributed by atoms with van der Waals surface area (Å²) in [4.78, 5) is 35.8. The molecular weight excluding hydrogens is 498 g/mol. The summed E-state index contributed by atoms with van der Waals surface area (Å²) in [5.41, 5.74) is 1.00. The Bertz CT molecular complexity index is 1170. The molecule has 0 saturated carbocycles. The lowest BCUT2D eigenvalue weighted by Gasteiger charge is -2.14. The molecule has 0 aliphatic carbocycles. The van der Waals surface area contributed by atoms with Crippen LogP contribution in [-0.2, 0) is 11.8 Å². The van der Waals surface area contributed by atoms with Gasteiger partial charge in [0.25, 0.3) is 5.91 Å². The van der Waals surface area contributed by atoms with Gasteiger partial charge in [0.05, 0.1) is 22.9 Å². The number of rotatable bonds is 8. The van der Waals surface area contributed by atoms with E-state index in [0.717, 1.165) is 0 Å². The van der Waals surface area contributed by atoms with E-state index in [0.29, 0.717) is 26.7 Å². The first kappa shape index (κ1) is 23.5. The van der Waals surface area contributed by atoms with Crippen LogP contribution in [0, 0.1) is 0 Å². The zero-order valence-corrected chi connectivity index (χ0v) is 19.6. The van der Waals surface area contributed by atoms with Crippen molar-refractivity contribution in [3.05, 3.63) is 70.0 Å². The van der Waals surface area contributed by atoms with Crippen LogP contribution >= 0.6 is 27.7 Å². The zero-order valence-electron chi connectivity index (χ0n) is 17.2. The molecule has 3 N–H and O–H groups in total. The summed E-state index contributed by atoms with van der Waals surface area (Å²) in [6, 6.07) is 12.7. The molecule has 0 spiro atoms. The summed E-state index contributed by atoms with van der Waals surface area (Å²) in [5, 5.41) is 23.4. The standard InChI is InChI=1S/C21H20BrN5O4S/c1-12(23-19(29)15-8-3-4-9-16(15)22)18-25-26-21(27(18)2)32-11-17(28)24-14-7-5-6-13(10-14)20(30)31/h3-10,12H,11H2,1-2H3,(H,23,29)(H,24,28)(H,30,31)/t12-/m0/s1. The second-order valence-corrected chi connectivity index (χ2v) is 8.59. The first-order valence-electron chi connectivity index (χ1n) is 9.47. The van der Waals surface area contributed by atoms with E-state index in [1.807, 2.05) is 6.07 Å². The summed E-state index contributed by atoms with van der Waals surface area (Å²) in [5.74, 6) is -1.02. The number of benzene rings is 2. The summed E-state index contributed by atoms with van der Waals surface area (Å²) in [7, 11) is 1.76. The largest absolute Gasteiger partial charge is 0.478 e. The number of hydrogen-bond donors (Lipinski definition) is 3. The smallest absolute Gasteiger partial charge is 0.335 e. The van der Waals surface area contributed by atoms with E-state index in [4.69, 9.17) is 5.11 Å². The molecule has 2 amide bonds. The van der Waals surface area contributed by atoms with Crippen molar-refractivity contribution < 1.29 is 19.5 Å². The Hall–Kier alpha value is -3.18. The number of carboxylic acid groups (broad SMARTS) is 1. The van der Waals surface area contributed by atoms with Gasteiger partial charge in [-0.2, -0.15) is 0 Å². The minimum atomic E-state index is -1.07. The van der Waals surface area contributed by atoms with Crippen molar-refractivity contribution in [3.63, 3.8) is 0 Å². The highest BCUT2D eigenvalue weighted by Gasteiger charge is 2.20. The predicted octanol–water partition coefficient (Wildman–Crippen LogP) is 3.50.